The van der Waals surface area contributed by atoms with Gasteiger partial charge in [-0.25, -0.2) is 0 Å². The fraction of sp³-hybridized carbons (Fsp3) is 0.933. The molecule has 0 bridgehead atoms. The van der Waals surface area contributed by atoms with Crippen LogP contribution in [-0.2, 0) is 9.53 Å². The lowest BCUT2D eigenvalue weighted by Crippen LogP contribution is -2.48. The third-order valence-corrected chi connectivity index (χ3v) is 5.48. The van der Waals surface area contributed by atoms with E-state index in [1.807, 2.05) is 0 Å². The van der Waals surface area contributed by atoms with Crippen molar-refractivity contribution in [1.82, 2.24) is 9.80 Å². The number of methoxy groups -OCH3 is 1. The molecule has 0 spiro atoms. The number of rotatable bonds is 3. The predicted molar refractivity (Wildman–Crippen MR) is 77.4 cm³/mol. The molecule has 0 aromatic rings. The van der Waals surface area contributed by atoms with E-state index in [1.165, 1.54) is 39.5 Å². The van der Waals surface area contributed by atoms with Crippen LogP contribution in [0.15, 0.2) is 0 Å². The fourth-order valence-electron chi connectivity index (χ4n) is 4.25. The van der Waals surface area contributed by atoms with Gasteiger partial charge in [0, 0.05) is 25.2 Å². The van der Waals surface area contributed by atoms with Crippen LogP contribution in [0.5, 0.6) is 0 Å². The van der Waals surface area contributed by atoms with E-state index >= 15 is 0 Å². The molecule has 0 aromatic heterocycles. The lowest BCUT2D eigenvalue weighted by molar-refractivity contribution is -0.146. The normalized spacial score (nSPS) is 39.5. The van der Waals surface area contributed by atoms with E-state index in [2.05, 4.69) is 9.80 Å². The average molecular weight is 281 g/mol. The van der Waals surface area contributed by atoms with Crippen molar-refractivity contribution in [1.29, 1.82) is 0 Å². The number of nitrogens with zero attached hydrogens (tertiary/aromatic N) is 2. The van der Waals surface area contributed by atoms with Gasteiger partial charge in [-0.1, -0.05) is 0 Å². The molecule has 0 amide bonds. The zero-order valence-corrected chi connectivity index (χ0v) is 12.5. The maximum absolute atomic E-state index is 11.8. The zero-order valence-electron chi connectivity index (χ0n) is 12.5. The van der Waals surface area contributed by atoms with Gasteiger partial charge in [0.2, 0.25) is 0 Å². The third-order valence-electron chi connectivity index (χ3n) is 5.48. The summed E-state index contributed by atoms with van der Waals surface area (Å²) in [6.45, 7) is 4.85. The first kappa shape index (κ1) is 14.3. The Bertz CT molecular complexity index is 370. The third kappa shape index (κ3) is 2.59. The van der Waals surface area contributed by atoms with Crippen LogP contribution in [0.3, 0.4) is 0 Å². The summed E-state index contributed by atoms with van der Waals surface area (Å²) < 4.78 is 4.86. The topological polar surface area (TPSA) is 58.8 Å². The van der Waals surface area contributed by atoms with Crippen molar-refractivity contribution >= 4 is 5.97 Å². The molecule has 0 radical (unpaired) electrons. The highest BCUT2D eigenvalue weighted by molar-refractivity contribution is 5.81. The van der Waals surface area contributed by atoms with Crippen molar-refractivity contribution in [3.8, 4) is 0 Å². The molecule has 114 valence electrons. The maximum atomic E-state index is 11.8. The van der Waals surface area contributed by atoms with E-state index in [4.69, 9.17) is 10.5 Å². The molecule has 3 fully saturated rings. The summed E-state index contributed by atoms with van der Waals surface area (Å²) in [4.78, 5) is 17.0. The number of nitrogens with two attached hydrogens (primary N) is 1. The van der Waals surface area contributed by atoms with Gasteiger partial charge in [-0.3, -0.25) is 14.6 Å². The van der Waals surface area contributed by atoms with Gasteiger partial charge < -0.3 is 10.5 Å². The highest BCUT2D eigenvalue weighted by atomic mass is 16.5. The molecule has 3 atom stereocenters. The summed E-state index contributed by atoms with van der Waals surface area (Å²) in [6.07, 6.45) is 6.52. The monoisotopic (exact) mass is 281 g/mol. The maximum Gasteiger partial charge on any atom is 0.325 e. The molecule has 2 saturated heterocycles. The Balaban J connectivity index is 1.55. The molecule has 2 aliphatic heterocycles. The Morgan fingerprint density at radius 3 is 2.60 bits per heavy atom. The van der Waals surface area contributed by atoms with E-state index in [1.54, 1.807) is 0 Å². The highest BCUT2D eigenvalue weighted by Crippen LogP contribution is 2.34. The number of likely N-dealkylation sites (tertiary alicyclic amines) is 2. The lowest BCUT2D eigenvalue weighted by atomic mass is 9.99. The van der Waals surface area contributed by atoms with E-state index in [-0.39, 0.29) is 5.97 Å². The predicted octanol–water partition coefficient (Wildman–Crippen LogP) is 0.580. The Morgan fingerprint density at radius 1 is 1.15 bits per heavy atom. The molecule has 1 saturated carbocycles. The fourth-order valence-corrected chi connectivity index (χ4v) is 4.25. The zero-order chi connectivity index (χ0) is 14.2. The highest BCUT2D eigenvalue weighted by Gasteiger charge is 2.46. The number of hydrogen-bond donors (Lipinski definition) is 1. The van der Waals surface area contributed by atoms with Crippen molar-refractivity contribution in [2.45, 2.75) is 56.1 Å². The Labute approximate surface area is 121 Å². The molecular formula is C15H27N3O2. The van der Waals surface area contributed by atoms with Crippen LogP contribution in [-0.4, -0.2) is 66.7 Å². The van der Waals surface area contributed by atoms with Crippen LogP contribution >= 0.6 is 0 Å². The minimum Gasteiger partial charge on any atom is -0.468 e. The van der Waals surface area contributed by atoms with Gasteiger partial charge in [-0.05, 0) is 51.6 Å². The van der Waals surface area contributed by atoms with Crippen molar-refractivity contribution < 1.29 is 9.53 Å². The Hall–Kier alpha value is -0.650. The number of carbonyl (C=O) groups is 1. The second-order valence-corrected chi connectivity index (χ2v) is 6.72. The number of carbonyl (C=O) groups excluding carboxylic acids is 1. The second kappa shape index (κ2) is 5.62. The first-order chi connectivity index (χ1) is 9.62. The van der Waals surface area contributed by atoms with Crippen LogP contribution < -0.4 is 5.73 Å². The summed E-state index contributed by atoms with van der Waals surface area (Å²) in [5.74, 6) is -0.240. The van der Waals surface area contributed by atoms with Gasteiger partial charge >= 0.3 is 5.97 Å². The van der Waals surface area contributed by atoms with Crippen LogP contribution in [0.2, 0.25) is 0 Å². The number of esters is 1. The van der Waals surface area contributed by atoms with Gasteiger partial charge in [0.05, 0.1) is 7.11 Å². The standard InChI is InChI=1S/C15H27N3O2/c1-20-14(19)15(16)6-4-12(10-15)18-9-5-13(11-18)17-7-2-3-8-17/h12-13H,2-11,16H2,1H3. The second-order valence-electron chi connectivity index (χ2n) is 6.72. The summed E-state index contributed by atoms with van der Waals surface area (Å²) >= 11 is 0. The van der Waals surface area contributed by atoms with Gasteiger partial charge in [0.25, 0.3) is 0 Å². The summed E-state index contributed by atoms with van der Waals surface area (Å²) in [7, 11) is 1.43. The summed E-state index contributed by atoms with van der Waals surface area (Å²) in [6, 6.07) is 1.19. The van der Waals surface area contributed by atoms with Crippen molar-refractivity contribution in [2.24, 2.45) is 5.73 Å². The lowest BCUT2D eigenvalue weighted by Gasteiger charge is -2.28. The van der Waals surface area contributed by atoms with Crippen LogP contribution in [0, 0.1) is 0 Å². The Kier molecular flexibility index (Phi) is 4.02. The van der Waals surface area contributed by atoms with Gasteiger partial charge in [-0.2, -0.15) is 0 Å². The molecule has 2 heterocycles. The van der Waals surface area contributed by atoms with Crippen LogP contribution in [0.1, 0.15) is 38.5 Å². The molecule has 3 aliphatic rings. The van der Waals surface area contributed by atoms with Crippen LogP contribution in [0.4, 0.5) is 0 Å². The average Bonchev–Trinajstić information content (AvgIpc) is 3.17. The largest absolute Gasteiger partial charge is 0.468 e. The Morgan fingerprint density at radius 2 is 1.90 bits per heavy atom. The van der Waals surface area contributed by atoms with Gasteiger partial charge in [0.1, 0.15) is 5.54 Å². The van der Waals surface area contributed by atoms with E-state index < -0.39 is 5.54 Å². The van der Waals surface area contributed by atoms with E-state index in [0.717, 1.165) is 38.4 Å². The first-order valence-electron chi connectivity index (χ1n) is 7.98. The molecule has 0 aromatic carbocycles. The van der Waals surface area contributed by atoms with E-state index in [9.17, 15) is 4.79 Å². The number of ether oxygens (including phenoxy) is 1. The summed E-state index contributed by atoms with van der Waals surface area (Å²) in [5, 5.41) is 0. The number of hydrogen-bond acceptors (Lipinski definition) is 5. The van der Waals surface area contributed by atoms with Gasteiger partial charge in [0.15, 0.2) is 0 Å². The van der Waals surface area contributed by atoms with Crippen molar-refractivity contribution in [2.75, 3.05) is 33.3 Å². The smallest absolute Gasteiger partial charge is 0.325 e. The molecule has 20 heavy (non-hydrogen) atoms. The SMILES string of the molecule is COC(=O)C1(N)CCC(N2CCC(N3CCCC3)C2)C1. The van der Waals surface area contributed by atoms with E-state index in [0.29, 0.717) is 6.04 Å². The quantitative estimate of drug-likeness (QED) is 0.767. The van der Waals surface area contributed by atoms with Crippen molar-refractivity contribution in [3.63, 3.8) is 0 Å². The molecular weight excluding hydrogens is 254 g/mol. The molecule has 5 heteroatoms. The van der Waals surface area contributed by atoms with Crippen molar-refractivity contribution in [3.05, 3.63) is 0 Å². The molecule has 3 unspecified atom stereocenters. The summed E-state index contributed by atoms with van der Waals surface area (Å²) in [5.41, 5.74) is 5.47. The minimum atomic E-state index is -0.745. The van der Waals surface area contributed by atoms with Gasteiger partial charge in [-0.15, -0.1) is 0 Å². The molecule has 5 nitrogen and oxygen atoms in total. The molecule has 1 aliphatic carbocycles. The minimum absolute atomic E-state index is 0.240. The molecule has 3 rings (SSSR count). The first-order valence-corrected chi connectivity index (χ1v) is 7.98. The molecule has 2 N–H and O–H groups in total. The van der Waals surface area contributed by atoms with Crippen LogP contribution in [0.25, 0.3) is 0 Å².